The second-order valence-electron chi connectivity index (χ2n) is 3.23. The number of anilines is 1. The van der Waals surface area contributed by atoms with E-state index in [1.807, 2.05) is 0 Å². The Labute approximate surface area is 97.4 Å². The minimum absolute atomic E-state index is 0.0515. The highest BCUT2D eigenvalue weighted by atomic mass is 35.5. The largest absolute Gasteiger partial charge is 0.392 e. The number of halogens is 1. The number of amides is 1. The van der Waals surface area contributed by atoms with Crippen molar-refractivity contribution in [3.8, 4) is 0 Å². The average Bonchev–Trinajstić information content (AvgIpc) is 2.26. The Balaban J connectivity index is 3.10. The summed E-state index contributed by atoms with van der Waals surface area (Å²) in [5, 5.41) is 2.55. The number of likely N-dealkylation sites (N-methyl/N-ethyl adjacent to an activating group) is 1. The van der Waals surface area contributed by atoms with E-state index in [9.17, 15) is 9.59 Å². The molecule has 1 amide bonds. The summed E-state index contributed by atoms with van der Waals surface area (Å²) in [7, 11) is 0. The minimum atomic E-state index is -0.667. The van der Waals surface area contributed by atoms with Gasteiger partial charge in [0, 0.05) is 6.54 Å². The lowest BCUT2D eigenvalue weighted by molar-refractivity contribution is -0.123. The summed E-state index contributed by atoms with van der Waals surface area (Å²) in [6, 6.07) is -0.667. The molecule has 16 heavy (non-hydrogen) atoms. The molecule has 1 aromatic rings. The van der Waals surface area contributed by atoms with Crippen LogP contribution >= 0.6 is 11.6 Å². The molecule has 0 bridgehead atoms. The molecule has 0 aliphatic heterocycles. The van der Waals surface area contributed by atoms with Gasteiger partial charge in [0.05, 0.1) is 0 Å². The van der Waals surface area contributed by atoms with Crippen LogP contribution in [0.25, 0.3) is 0 Å². The van der Waals surface area contributed by atoms with E-state index in [-0.39, 0.29) is 16.7 Å². The Kier molecular flexibility index (Phi) is 3.89. The number of hydrogen-bond acceptors (Lipinski definition) is 4. The van der Waals surface area contributed by atoms with Gasteiger partial charge in [-0.15, -0.1) is 0 Å². The van der Waals surface area contributed by atoms with Gasteiger partial charge in [-0.05, 0) is 13.8 Å². The Hall–Kier alpha value is -1.56. The summed E-state index contributed by atoms with van der Waals surface area (Å²) in [4.78, 5) is 26.9. The summed E-state index contributed by atoms with van der Waals surface area (Å²) in [6.07, 6.45) is 1.21. The predicted molar refractivity (Wildman–Crippen MR) is 61.3 cm³/mol. The predicted octanol–water partition coefficient (Wildman–Crippen LogP) is 0.176. The zero-order valence-corrected chi connectivity index (χ0v) is 9.78. The molecule has 3 N–H and O–H groups in total. The molecule has 88 valence electrons. The third-order valence-electron chi connectivity index (χ3n) is 2.13. The summed E-state index contributed by atoms with van der Waals surface area (Å²) < 4.78 is 1.15. The number of carbonyl (C=O) groups is 1. The third kappa shape index (κ3) is 2.33. The summed E-state index contributed by atoms with van der Waals surface area (Å²) in [6.45, 7) is 3.87. The van der Waals surface area contributed by atoms with Crippen molar-refractivity contribution in [1.82, 2.24) is 14.9 Å². The molecule has 0 fully saturated rings. The number of nitrogens with two attached hydrogens (primary N) is 1. The van der Waals surface area contributed by atoms with Gasteiger partial charge < -0.3 is 11.1 Å². The molecule has 1 unspecified atom stereocenters. The van der Waals surface area contributed by atoms with Crippen LogP contribution in [0.15, 0.2) is 11.1 Å². The zero-order chi connectivity index (χ0) is 12.3. The van der Waals surface area contributed by atoms with Crippen LogP contribution in [0.2, 0.25) is 5.15 Å². The van der Waals surface area contributed by atoms with Gasteiger partial charge in [-0.3, -0.25) is 14.2 Å². The van der Waals surface area contributed by atoms with E-state index in [0.717, 1.165) is 4.57 Å². The average molecular weight is 245 g/mol. The van der Waals surface area contributed by atoms with Crippen LogP contribution in [0.4, 0.5) is 5.69 Å². The fraction of sp³-hybridized carbons (Fsp3) is 0.444. The van der Waals surface area contributed by atoms with E-state index >= 15 is 0 Å². The van der Waals surface area contributed by atoms with Crippen molar-refractivity contribution in [2.75, 3.05) is 12.3 Å². The molecule has 0 spiro atoms. The summed E-state index contributed by atoms with van der Waals surface area (Å²) in [5.41, 5.74) is 4.77. The molecule has 0 aliphatic rings. The quantitative estimate of drug-likeness (QED) is 0.742. The van der Waals surface area contributed by atoms with Gasteiger partial charge in [-0.1, -0.05) is 11.6 Å². The van der Waals surface area contributed by atoms with Crippen molar-refractivity contribution in [3.63, 3.8) is 0 Å². The van der Waals surface area contributed by atoms with Crippen LogP contribution in [0.3, 0.4) is 0 Å². The number of carbonyl (C=O) groups excluding carboxylic acids is 1. The Morgan fingerprint density at radius 2 is 2.38 bits per heavy atom. The molecule has 0 radical (unpaired) electrons. The topological polar surface area (TPSA) is 90.0 Å². The lowest BCUT2D eigenvalue weighted by atomic mass is 10.3. The molecule has 0 saturated carbocycles. The van der Waals surface area contributed by atoms with Crippen molar-refractivity contribution in [1.29, 1.82) is 0 Å². The maximum Gasteiger partial charge on any atom is 0.278 e. The number of rotatable bonds is 3. The van der Waals surface area contributed by atoms with E-state index in [1.165, 1.54) is 6.33 Å². The first-order valence-electron chi connectivity index (χ1n) is 4.78. The molecular formula is C9H13ClN4O2. The summed E-state index contributed by atoms with van der Waals surface area (Å²) in [5.74, 6) is -0.270. The second-order valence-corrected chi connectivity index (χ2v) is 3.59. The van der Waals surface area contributed by atoms with Gasteiger partial charge in [0.2, 0.25) is 5.91 Å². The lowest BCUT2D eigenvalue weighted by Crippen LogP contribution is -2.36. The third-order valence-corrected chi connectivity index (χ3v) is 2.43. The molecule has 6 nitrogen and oxygen atoms in total. The standard InChI is InChI=1S/C9H13ClN4O2/c1-3-12-8(15)5(2)14-4-13-7(10)6(11)9(14)16/h4-5H,3,11H2,1-2H3,(H,12,15). The number of nitrogens with one attached hydrogen (secondary N) is 1. The molecule has 1 atom stereocenters. The Morgan fingerprint density at radius 1 is 1.75 bits per heavy atom. The first kappa shape index (κ1) is 12.5. The number of hydrogen-bond donors (Lipinski definition) is 2. The van der Waals surface area contributed by atoms with Gasteiger partial charge in [0.25, 0.3) is 5.56 Å². The monoisotopic (exact) mass is 244 g/mol. The molecule has 1 aromatic heterocycles. The fourth-order valence-corrected chi connectivity index (χ4v) is 1.31. The minimum Gasteiger partial charge on any atom is -0.392 e. The van der Waals surface area contributed by atoms with Crippen molar-refractivity contribution < 1.29 is 4.79 Å². The van der Waals surface area contributed by atoms with E-state index in [1.54, 1.807) is 13.8 Å². The number of aromatic nitrogens is 2. The maximum atomic E-state index is 11.7. The molecule has 7 heteroatoms. The van der Waals surface area contributed by atoms with Crippen LogP contribution < -0.4 is 16.6 Å². The molecule has 0 aromatic carbocycles. The van der Waals surface area contributed by atoms with Crippen molar-refractivity contribution in [2.45, 2.75) is 19.9 Å². The Bertz CT molecular complexity index is 457. The number of nitrogens with zero attached hydrogens (tertiary/aromatic N) is 2. The van der Waals surface area contributed by atoms with Gasteiger partial charge in [0.15, 0.2) is 5.15 Å². The first-order chi connectivity index (χ1) is 7.49. The van der Waals surface area contributed by atoms with E-state index < -0.39 is 11.6 Å². The van der Waals surface area contributed by atoms with Gasteiger partial charge >= 0.3 is 0 Å². The lowest BCUT2D eigenvalue weighted by Gasteiger charge is -2.14. The smallest absolute Gasteiger partial charge is 0.278 e. The van der Waals surface area contributed by atoms with Crippen LogP contribution in [0.5, 0.6) is 0 Å². The van der Waals surface area contributed by atoms with Gasteiger partial charge in [-0.25, -0.2) is 4.98 Å². The van der Waals surface area contributed by atoms with E-state index in [2.05, 4.69) is 10.3 Å². The highest BCUT2D eigenvalue weighted by molar-refractivity contribution is 6.31. The molecule has 1 rings (SSSR count). The highest BCUT2D eigenvalue weighted by Crippen LogP contribution is 2.10. The van der Waals surface area contributed by atoms with Crippen LogP contribution in [0.1, 0.15) is 19.9 Å². The normalized spacial score (nSPS) is 12.2. The molecule has 0 saturated heterocycles. The Morgan fingerprint density at radius 3 is 2.94 bits per heavy atom. The van der Waals surface area contributed by atoms with Crippen LogP contribution in [-0.4, -0.2) is 22.0 Å². The maximum absolute atomic E-state index is 11.7. The number of nitrogen functional groups attached to an aromatic ring is 1. The van der Waals surface area contributed by atoms with Gasteiger partial charge in [0.1, 0.15) is 18.1 Å². The SMILES string of the molecule is CCNC(=O)C(C)n1cnc(Cl)c(N)c1=O. The van der Waals surface area contributed by atoms with E-state index in [4.69, 9.17) is 17.3 Å². The second kappa shape index (κ2) is 4.98. The summed E-state index contributed by atoms with van der Waals surface area (Å²) >= 11 is 5.58. The first-order valence-corrected chi connectivity index (χ1v) is 5.16. The van der Waals surface area contributed by atoms with Crippen molar-refractivity contribution in [3.05, 3.63) is 21.8 Å². The van der Waals surface area contributed by atoms with Crippen LogP contribution in [-0.2, 0) is 4.79 Å². The highest BCUT2D eigenvalue weighted by Gasteiger charge is 2.17. The van der Waals surface area contributed by atoms with Crippen molar-refractivity contribution in [2.24, 2.45) is 0 Å². The molecule has 1 heterocycles. The zero-order valence-electron chi connectivity index (χ0n) is 9.03. The molecular weight excluding hydrogens is 232 g/mol. The van der Waals surface area contributed by atoms with Crippen molar-refractivity contribution >= 4 is 23.2 Å². The van der Waals surface area contributed by atoms with Crippen LogP contribution in [0, 0.1) is 0 Å². The molecule has 0 aliphatic carbocycles. The fourth-order valence-electron chi connectivity index (χ4n) is 1.19. The van der Waals surface area contributed by atoms with Gasteiger partial charge in [-0.2, -0.15) is 0 Å². The van der Waals surface area contributed by atoms with E-state index in [0.29, 0.717) is 6.54 Å².